The molecule has 1 unspecified atom stereocenters. The molecule has 3 heteroatoms. The van der Waals surface area contributed by atoms with Crippen LogP contribution in [-0.4, -0.2) is 50.3 Å². The SMILES string of the molecule is CCCCOCCN1CCCNC(C)CC1. The van der Waals surface area contributed by atoms with Gasteiger partial charge < -0.3 is 15.0 Å². The van der Waals surface area contributed by atoms with Gasteiger partial charge in [-0.3, -0.25) is 0 Å². The lowest BCUT2D eigenvalue weighted by atomic mass is 10.2. The van der Waals surface area contributed by atoms with E-state index in [2.05, 4.69) is 24.1 Å². The number of nitrogens with zero attached hydrogens (tertiary/aromatic N) is 1. The van der Waals surface area contributed by atoms with Crippen molar-refractivity contribution in [3.05, 3.63) is 0 Å². The molecule has 1 aliphatic rings. The first kappa shape index (κ1) is 13.9. The number of ether oxygens (including phenoxy) is 1. The fourth-order valence-corrected chi connectivity index (χ4v) is 2.01. The number of hydrogen-bond donors (Lipinski definition) is 1. The van der Waals surface area contributed by atoms with Gasteiger partial charge in [0.15, 0.2) is 0 Å². The molecule has 0 aromatic carbocycles. The Kier molecular flexibility index (Phi) is 7.81. The second-order valence-electron chi connectivity index (χ2n) is 4.80. The zero-order valence-electron chi connectivity index (χ0n) is 11.0. The zero-order chi connectivity index (χ0) is 11.6. The standard InChI is InChI=1S/C13H28N2O/c1-3-4-11-16-12-10-15-8-5-7-14-13(2)6-9-15/h13-14H,3-12H2,1-2H3. The van der Waals surface area contributed by atoms with Gasteiger partial charge in [-0.1, -0.05) is 13.3 Å². The van der Waals surface area contributed by atoms with Crippen molar-refractivity contribution in [2.45, 2.75) is 45.6 Å². The van der Waals surface area contributed by atoms with Gasteiger partial charge in [0.2, 0.25) is 0 Å². The highest BCUT2D eigenvalue weighted by Crippen LogP contribution is 2.02. The number of unbranched alkanes of at least 4 members (excludes halogenated alkanes) is 1. The van der Waals surface area contributed by atoms with E-state index < -0.39 is 0 Å². The highest BCUT2D eigenvalue weighted by atomic mass is 16.5. The largest absolute Gasteiger partial charge is 0.380 e. The van der Waals surface area contributed by atoms with Gasteiger partial charge in [-0.2, -0.15) is 0 Å². The average molecular weight is 228 g/mol. The number of hydrogen-bond acceptors (Lipinski definition) is 3. The Hall–Kier alpha value is -0.120. The fourth-order valence-electron chi connectivity index (χ4n) is 2.01. The van der Waals surface area contributed by atoms with Crippen molar-refractivity contribution >= 4 is 0 Å². The lowest BCUT2D eigenvalue weighted by Crippen LogP contribution is -2.39. The van der Waals surface area contributed by atoms with Crippen LogP contribution in [0.25, 0.3) is 0 Å². The Morgan fingerprint density at radius 2 is 2.19 bits per heavy atom. The molecule has 1 rings (SSSR count). The minimum atomic E-state index is 0.670. The number of nitrogens with one attached hydrogen (secondary N) is 1. The Morgan fingerprint density at radius 1 is 1.31 bits per heavy atom. The normalized spacial score (nSPS) is 24.0. The summed E-state index contributed by atoms with van der Waals surface area (Å²) in [5, 5.41) is 3.53. The van der Waals surface area contributed by atoms with Crippen molar-refractivity contribution in [1.29, 1.82) is 0 Å². The Morgan fingerprint density at radius 3 is 3.00 bits per heavy atom. The fraction of sp³-hybridized carbons (Fsp3) is 1.00. The lowest BCUT2D eigenvalue weighted by Gasteiger charge is -2.27. The van der Waals surface area contributed by atoms with Crippen LogP contribution in [0.1, 0.15) is 39.5 Å². The van der Waals surface area contributed by atoms with E-state index in [0.717, 1.165) is 26.3 Å². The second kappa shape index (κ2) is 8.97. The van der Waals surface area contributed by atoms with Crippen LogP contribution in [0.15, 0.2) is 0 Å². The van der Waals surface area contributed by atoms with Crippen LogP contribution >= 0.6 is 0 Å². The van der Waals surface area contributed by atoms with Gasteiger partial charge in [0, 0.05) is 19.2 Å². The molecule has 1 aliphatic heterocycles. The molecule has 96 valence electrons. The van der Waals surface area contributed by atoms with Crippen LogP contribution in [0.3, 0.4) is 0 Å². The molecule has 1 N–H and O–H groups in total. The summed E-state index contributed by atoms with van der Waals surface area (Å²) in [6, 6.07) is 0.670. The third-order valence-corrected chi connectivity index (χ3v) is 3.22. The maximum Gasteiger partial charge on any atom is 0.0593 e. The molecular weight excluding hydrogens is 200 g/mol. The van der Waals surface area contributed by atoms with E-state index in [9.17, 15) is 0 Å². The highest BCUT2D eigenvalue weighted by Gasteiger charge is 2.10. The average Bonchev–Trinajstić information content (AvgIpc) is 2.27. The smallest absolute Gasteiger partial charge is 0.0593 e. The summed E-state index contributed by atoms with van der Waals surface area (Å²) in [6.07, 6.45) is 4.95. The van der Waals surface area contributed by atoms with Crippen LogP contribution in [0.2, 0.25) is 0 Å². The molecule has 0 aliphatic carbocycles. The molecular formula is C13H28N2O. The van der Waals surface area contributed by atoms with Crippen molar-refractivity contribution in [3.63, 3.8) is 0 Å². The summed E-state index contributed by atoms with van der Waals surface area (Å²) in [7, 11) is 0. The van der Waals surface area contributed by atoms with Gasteiger partial charge in [-0.15, -0.1) is 0 Å². The first-order valence-electron chi connectivity index (χ1n) is 6.86. The van der Waals surface area contributed by atoms with Crippen LogP contribution in [-0.2, 0) is 4.74 Å². The summed E-state index contributed by atoms with van der Waals surface area (Å²) < 4.78 is 5.62. The molecule has 0 aromatic rings. The van der Waals surface area contributed by atoms with Gasteiger partial charge in [-0.05, 0) is 45.8 Å². The van der Waals surface area contributed by atoms with Crippen LogP contribution in [0.4, 0.5) is 0 Å². The molecule has 0 amide bonds. The molecule has 16 heavy (non-hydrogen) atoms. The maximum atomic E-state index is 5.62. The summed E-state index contributed by atoms with van der Waals surface area (Å²) in [5.41, 5.74) is 0. The van der Waals surface area contributed by atoms with Crippen LogP contribution < -0.4 is 5.32 Å². The van der Waals surface area contributed by atoms with E-state index in [1.807, 2.05) is 0 Å². The zero-order valence-corrected chi connectivity index (χ0v) is 11.0. The van der Waals surface area contributed by atoms with E-state index in [0.29, 0.717) is 6.04 Å². The van der Waals surface area contributed by atoms with Crippen LogP contribution in [0.5, 0.6) is 0 Å². The van der Waals surface area contributed by atoms with E-state index in [4.69, 9.17) is 4.74 Å². The molecule has 0 bridgehead atoms. The first-order valence-corrected chi connectivity index (χ1v) is 6.86. The summed E-state index contributed by atoms with van der Waals surface area (Å²) in [6.45, 7) is 11.0. The Labute approximate surface area is 101 Å². The van der Waals surface area contributed by atoms with E-state index in [1.165, 1.54) is 38.8 Å². The molecule has 0 radical (unpaired) electrons. The minimum Gasteiger partial charge on any atom is -0.380 e. The van der Waals surface area contributed by atoms with E-state index in [1.54, 1.807) is 0 Å². The predicted molar refractivity (Wildman–Crippen MR) is 68.9 cm³/mol. The molecule has 1 heterocycles. The maximum absolute atomic E-state index is 5.62. The lowest BCUT2D eigenvalue weighted by molar-refractivity contribution is 0.0975. The summed E-state index contributed by atoms with van der Waals surface area (Å²) in [5.74, 6) is 0. The Balaban J connectivity index is 2.05. The third kappa shape index (κ3) is 6.46. The van der Waals surface area contributed by atoms with Crippen LogP contribution in [0, 0.1) is 0 Å². The number of rotatable bonds is 6. The summed E-state index contributed by atoms with van der Waals surface area (Å²) in [4.78, 5) is 2.54. The van der Waals surface area contributed by atoms with Gasteiger partial charge in [0.05, 0.1) is 6.61 Å². The molecule has 0 aromatic heterocycles. The Bertz CT molecular complexity index is 164. The summed E-state index contributed by atoms with van der Waals surface area (Å²) >= 11 is 0. The molecule has 0 spiro atoms. The second-order valence-corrected chi connectivity index (χ2v) is 4.80. The van der Waals surface area contributed by atoms with E-state index >= 15 is 0 Å². The van der Waals surface area contributed by atoms with Gasteiger partial charge in [0.25, 0.3) is 0 Å². The topological polar surface area (TPSA) is 24.5 Å². The van der Waals surface area contributed by atoms with Gasteiger partial charge >= 0.3 is 0 Å². The monoisotopic (exact) mass is 228 g/mol. The van der Waals surface area contributed by atoms with Crippen molar-refractivity contribution < 1.29 is 4.74 Å². The third-order valence-electron chi connectivity index (χ3n) is 3.22. The quantitative estimate of drug-likeness (QED) is 0.703. The minimum absolute atomic E-state index is 0.670. The van der Waals surface area contributed by atoms with Gasteiger partial charge in [0.1, 0.15) is 0 Å². The van der Waals surface area contributed by atoms with Crippen molar-refractivity contribution in [1.82, 2.24) is 10.2 Å². The van der Waals surface area contributed by atoms with Crippen molar-refractivity contribution in [2.24, 2.45) is 0 Å². The molecule has 3 nitrogen and oxygen atoms in total. The highest BCUT2D eigenvalue weighted by molar-refractivity contribution is 4.69. The van der Waals surface area contributed by atoms with Crippen molar-refractivity contribution in [3.8, 4) is 0 Å². The first-order chi connectivity index (χ1) is 7.83. The molecule has 1 saturated heterocycles. The molecule has 1 atom stereocenters. The molecule has 1 fully saturated rings. The van der Waals surface area contributed by atoms with E-state index in [-0.39, 0.29) is 0 Å². The van der Waals surface area contributed by atoms with Gasteiger partial charge in [-0.25, -0.2) is 0 Å². The molecule has 0 saturated carbocycles. The van der Waals surface area contributed by atoms with Crippen molar-refractivity contribution in [2.75, 3.05) is 39.4 Å². The predicted octanol–water partition coefficient (Wildman–Crippen LogP) is 1.88.